The number of unbranched alkanes of at least 4 members (excludes halogenated alkanes) is 9. The van der Waals surface area contributed by atoms with Crippen molar-refractivity contribution in [2.24, 2.45) is 0 Å². The van der Waals surface area contributed by atoms with E-state index < -0.39 is 10.4 Å². The Morgan fingerprint density at radius 2 is 1.06 bits per heavy atom. The van der Waals surface area contributed by atoms with Crippen LogP contribution in [0.25, 0.3) is 0 Å². The van der Waals surface area contributed by atoms with E-state index in [-0.39, 0.29) is 0 Å². The van der Waals surface area contributed by atoms with Crippen LogP contribution < -0.4 is 0 Å². The van der Waals surface area contributed by atoms with Crippen LogP contribution >= 0.6 is 0 Å². The second-order valence-corrected chi connectivity index (χ2v) is 5.89. The van der Waals surface area contributed by atoms with Gasteiger partial charge in [-0.15, -0.1) is 5.28 Å². The highest BCUT2D eigenvalue weighted by Crippen LogP contribution is 2.10. The molecule has 0 aliphatic carbocycles. The minimum Gasteiger partial charge on any atom is -0.264 e. The van der Waals surface area contributed by atoms with Crippen molar-refractivity contribution in [3.05, 3.63) is 0 Å². The lowest BCUT2D eigenvalue weighted by Crippen LogP contribution is -1.89. The fourth-order valence-electron chi connectivity index (χ4n) is 1.63. The van der Waals surface area contributed by atoms with Gasteiger partial charge in [0.15, 0.2) is 0 Å². The van der Waals surface area contributed by atoms with Gasteiger partial charge in [-0.1, -0.05) is 71.1 Å². The summed E-state index contributed by atoms with van der Waals surface area (Å²) >= 11 is 2.81. The van der Waals surface area contributed by atoms with Crippen molar-refractivity contribution in [3.8, 4) is 0 Å². The first kappa shape index (κ1) is 20.7. The van der Waals surface area contributed by atoms with E-state index in [1.54, 1.807) is 0 Å². The van der Waals surface area contributed by atoms with Crippen LogP contribution in [-0.4, -0.2) is 33.8 Å². The average Bonchev–Trinajstić information content (AvgIpc) is 2.25. The van der Waals surface area contributed by atoms with Crippen LogP contribution in [0.4, 0.5) is 0 Å². The Morgan fingerprint density at radius 3 is 1.33 bits per heavy atom. The van der Waals surface area contributed by atoms with Gasteiger partial charge in [0.2, 0.25) is 0 Å². The molecule has 2 radical (unpaired) electrons. The van der Waals surface area contributed by atoms with Crippen LogP contribution in [-0.2, 0) is 10.4 Å². The topological polar surface area (TPSA) is 74.6 Å². The Kier molecular flexibility index (Phi) is 17.8. The van der Waals surface area contributed by atoms with E-state index in [0.717, 1.165) is 0 Å². The van der Waals surface area contributed by atoms with Crippen molar-refractivity contribution in [2.45, 2.75) is 76.4 Å². The molecular formula is C12H27AlO4S. The Morgan fingerprint density at radius 1 is 0.778 bits per heavy atom. The molecule has 0 fully saturated rings. The number of hydrogen-bond acceptors (Lipinski definition) is 2. The van der Waals surface area contributed by atoms with Crippen molar-refractivity contribution in [1.29, 1.82) is 0 Å². The molecule has 0 aliphatic rings. The first-order chi connectivity index (χ1) is 8.41. The molecule has 0 heterocycles. The van der Waals surface area contributed by atoms with Gasteiger partial charge in [-0.05, 0) is 0 Å². The van der Waals surface area contributed by atoms with E-state index >= 15 is 0 Å². The molecule has 6 heteroatoms. The predicted molar refractivity (Wildman–Crippen MR) is 76.6 cm³/mol. The predicted octanol–water partition coefficient (Wildman–Crippen LogP) is 3.84. The Labute approximate surface area is 121 Å². The zero-order valence-corrected chi connectivity index (χ0v) is 13.4. The van der Waals surface area contributed by atoms with Gasteiger partial charge in [0.05, 0.1) is 0 Å². The van der Waals surface area contributed by atoms with E-state index in [0.29, 0.717) is 0 Å². The molecular weight excluding hydrogens is 267 g/mol. The van der Waals surface area contributed by atoms with Gasteiger partial charge in [-0.25, -0.2) is 0 Å². The summed E-state index contributed by atoms with van der Waals surface area (Å²) < 4.78 is 31.6. The van der Waals surface area contributed by atoms with Gasteiger partial charge >= 0.3 is 10.4 Å². The number of hydrogen-bond donors (Lipinski definition) is 2. The first-order valence-electron chi connectivity index (χ1n) is 6.81. The summed E-state index contributed by atoms with van der Waals surface area (Å²) in [6.45, 7) is 2.28. The molecule has 0 atom stereocenters. The molecule has 0 unspecified atom stereocenters. The maximum Gasteiger partial charge on any atom is 0.394 e. The fraction of sp³-hybridized carbons (Fsp3) is 1.00. The van der Waals surface area contributed by atoms with Gasteiger partial charge in [-0.2, -0.15) is 8.42 Å². The zero-order chi connectivity index (χ0) is 14.3. The van der Waals surface area contributed by atoms with Crippen molar-refractivity contribution >= 4 is 26.7 Å². The Balaban J connectivity index is 0. The van der Waals surface area contributed by atoms with Gasteiger partial charge in [-0.3, -0.25) is 9.11 Å². The minimum atomic E-state index is -4.67. The first-order valence-corrected chi connectivity index (χ1v) is 9.03. The summed E-state index contributed by atoms with van der Waals surface area (Å²) in [6, 6.07) is 0. The molecule has 2 N–H and O–H groups in total. The van der Waals surface area contributed by atoms with Gasteiger partial charge in [0.25, 0.3) is 0 Å². The third kappa shape index (κ3) is 36.0. The van der Waals surface area contributed by atoms with E-state index in [2.05, 4.69) is 23.2 Å². The second kappa shape index (κ2) is 15.5. The SMILES string of the molecule is CCCCCCCCCCC[CH2][Al].O=S(=O)(O)O. The molecule has 0 amide bonds. The van der Waals surface area contributed by atoms with Crippen LogP contribution in [0.15, 0.2) is 0 Å². The summed E-state index contributed by atoms with van der Waals surface area (Å²) in [5.41, 5.74) is 0. The Bertz CT molecular complexity index is 224. The van der Waals surface area contributed by atoms with Crippen LogP contribution in [0.5, 0.6) is 0 Å². The molecule has 0 aromatic carbocycles. The largest absolute Gasteiger partial charge is 0.394 e. The zero-order valence-electron chi connectivity index (χ0n) is 11.5. The maximum absolute atomic E-state index is 8.74. The third-order valence-electron chi connectivity index (χ3n) is 2.56. The van der Waals surface area contributed by atoms with Crippen molar-refractivity contribution < 1.29 is 17.5 Å². The summed E-state index contributed by atoms with van der Waals surface area (Å²) in [7, 11) is -4.67. The smallest absolute Gasteiger partial charge is 0.264 e. The van der Waals surface area contributed by atoms with Gasteiger partial charge in [0.1, 0.15) is 16.3 Å². The lowest BCUT2D eigenvalue weighted by Gasteiger charge is -2.00. The van der Waals surface area contributed by atoms with Crippen LogP contribution in [0.1, 0.15) is 71.1 Å². The van der Waals surface area contributed by atoms with Gasteiger partial charge < -0.3 is 0 Å². The standard InChI is InChI=1S/C12H25.Al.H2O4S/c1-3-5-7-9-11-12-10-8-6-4-2;;1-5(2,3)4/h1,3-12H2,2H3;;(H2,1,2,3,4). The molecule has 0 spiro atoms. The molecule has 0 aromatic heterocycles. The molecule has 4 nitrogen and oxygen atoms in total. The average molecular weight is 294 g/mol. The van der Waals surface area contributed by atoms with Crippen LogP contribution in [0.3, 0.4) is 0 Å². The second-order valence-electron chi connectivity index (χ2n) is 4.42. The molecule has 0 bridgehead atoms. The lowest BCUT2D eigenvalue weighted by atomic mass is 10.1. The van der Waals surface area contributed by atoms with E-state index in [1.807, 2.05) is 0 Å². The fourth-order valence-corrected chi connectivity index (χ4v) is 1.92. The summed E-state index contributed by atoms with van der Waals surface area (Å²) in [5, 5.41) is 1.29. The normalized spacial score (nSPS) is 10.8. The highest BCUT2D eigenvalue weighted by atomic mass is 32.3. The third-order valence-corrected chi connectivity index (χ3v) is 2.97. The molecule has 0 saturated carbocycles. The molecule has 108 valence electrons. The van der Waals surface area contributed by atoms with Crippen LogP contribution in [0.2, 0.25) is 5.28 Å². The van der Waals surface area contributed by atoms with Gasteiger partial charge in [0, 0.05) is 0 Å². The summed E-state index contributed by atoms with van der Waals surface area (Å²) in [4.78, 5) is 0. The summed E-state index contributed by atoms with van der Waals surface area (Å²) in [5.74, 6) is 0. The van der Waals surface area contributed by atoms with E-state index in [1.165, 1.54) is 69.5 Å². The quantitative estimate of drug-likeness (QED) is 0.365. The van der Waals surface area contributed by atoms with E-state index in [9.17, 15) is 0 Å². The highest BCUT2D eigenvalue weighted by Gasteiger charge is 1.90. The van der Waals surface area contributed by atoms with Crippen molar-refractivity contribution in [1.82, 2.24) is 0 Å². The Hall–Kier alpha value is 0.402. The molecule has 0 aliphatic heterocycles. The number of rotatable bonds is 10. The molecule has 0 saturated heterocycles. The van der Waals surface area contributed by atoms with Crippen LogP contribution in [0, 0.1) is 0 Å². The van der Waals surface area contributed by atoms with E-state index in [4.69, 9.17) is 17.5 Å². The van der Waals surface area contributed by atoms with Crippen molar-refractivity contribution in [2.75, 3.05) is 0 Å². The molecule has 18 heavy (non-hydrogen) atoms. The minimum absolute atomic E-state index is 1.29. The monoisotopic (exact) mass is 294 g/mol. The molecule has 0 rings (SSSR count). The molecule has 0 aromatic rings. The lowest BCUT2D eigenvalue weighted by molar-refractivity contribution is 0.381. The highest BCUT2D eigenvalue weighted by molar-refractivity contribution is 7.79. The van der Waals surface area contributed by atoms with Crippen molar-refractivity contribution in [3.63, 3.8) is 0 Å². The summed E-state index contributed by atoms with van der Waals surface area (Å²) in [6.07, 6.45) is 14.5. The maximum atomic E-state index is 8.74.